The standard InChI is InChI=1S/C23H18N6O/c1-14-10-11-16-6-3-9-18(21(16)28-14)30-23-19(24)22(26-13-27-23)29-17-8-2-5-15-7-4-12-25-20(15)17/h2-13H,24H2,1H3,(H,26,27,29). The highest BCUT2D eigenvalue weighted by Gasteiger charge is 2.14. The van der Waals surface area contributed by atoms with Gasteiger partial charge in [-0.1, -0.05) is 36.4 Å². The molecule has 0 bridgehead atoms. The summed E-state index contributed by atoms with van der Waals surface area (Å²) in [5.41, 5.74) is 9.93. The van der Waals surface area contributed by atoms with Crippen LogP contribution in [0.5, 0.6) is 11.6 Å². The van der Waals surface area contributed by atoms with Crippen LogP contribution in [-0.4, -0.2) is 19.9 Å². The second-order valence-corrected chi connectivity index (χ2v) is 6.83. The van der Waals surface area contributed by atoms with Crippen molar-refractivity contribution in [2.45, 2.75) is 6.92 Å². The van der Waals surface area contributed by atoms with E-state index in [4.69, 9.17) is 10.5 Å². The lowest BCUT2D eigenvalue weighted by Gasteiger charge is -2.13. The topological polar surface area (TPSA) is 98.8 Å². The molecule has 0 amide bonds. The summed E-state index contributed by atoms with van der Waals surface area (Å²) in [6, 6.07) is 19.5. The molecule has 30 heavy (non-hydrogen) atoms. The maximum Gasteiger partial charge on any atom is 0.248 e. The molecule has 0 unspecified atom stereocenters. The quantitative estimate of drug-likeness (QED) is 0.442. The molecule has 0 spiro atoms. The van der Waals surface area contributed by atoms with Crippen molar-refractivity contribution in [3.05, 3.63) is 78.9 Å². The van der Waals surface area contributed by atoms with E-state index in [0.717, 1.165) is 33.2 Å². The van der Waals surface area contributed by atoms with Crippen LogP contribution in [0.15, 0.2) is 73.2 Å². The van der Waals surface area contributed by atoms with Crippen molar-refractivity contribution in [2.75, 3.05) is 11.1 Å². The third-order valence-electron chi connectivity index (χ3n) is 4.76. The number of nitrogens with two attached hydrogens (primary N) is 1. The number of hydrogen-bond donors (Lipinski definition) is 2. The molecule has 7 nitrogen and oxygen atoms in total. The lowest BCUT2D eigenvalue weighted by atomic mass is 10.2. The second-order valence-electron chi connectivity index (χ2n) is 6.83. The summed E-state index contributed by atoms with van der Waals surface area (Å²) in [4.78, 5) is 17.6. The fourth-order valence-corrected chi connectivity index (χ4v) is 3.30. The normalized spacial score (nSPS) is 11.0. The molecule has 3 aromatic heterocycles. The van der Waals surface area contributed by atoms with Gasteiger partial charge in [0.2, 0.25) is 5.88 Å². The Bertz CT molecular complexity index is 1380. The highest BCUT2D eigenvalue weighted by molar-refractivity contribution is 5.93. The highest BCUT2D eigenvalue weighted by atomic mass is 16.5. The molecule has 3 heterocycles. The lowest BCUT2D eigenvalue weighted by Crippen LogP contribution is -2.04. The number of nitrogens with zero attached hydrogens (tertiary/aromatic N) is 4. The van der Waals surface area contributed by atoms with E-state index in [1.54, 1.807) is 6.20 Å². The number of ether oxygens (including phenoxy) is 1. The fourth-order valence-electron chi connectivity index (χ4n) is 3.30. The first-order valence-corrected chi connectivity index (χ1v) is 9.44. The average molecular weight is 394 g/mol. The van der Waals surface area contributed by atoms with E-state index in [1.165, 1.54) is 6.33 Å². The van der Waals surface area contributed by atoms with Crippen LogP contribution in [-0.2, 0) is 0 Å². The van der Waals surface area contributed by atoms with Gasteiger partial charge in [0.05, 0.1) is 11.2 Å². The molecule has 5 aromatic rings. The Morgan fingerprint density at radius 1 is 0.833 bits per heavy atom. The number of benzene rings is 2. The highest BCUT2D eigenvalue weighted by Crippen LogP contribution is 2.34. The summed E-state index contributed by atoms with van der Waals surface area (Å²) in [7, 11) is 0. The number of fused-ring (bicyclic) bond motifs is 2. The van der Waals surface area contributed by atoms with Crippen molar-refractivity contribution < 1.29 is 4.74 Å². The monoisotopic (exact) mass is 394 g/mol. The first kappa shape index (κ1) is 17.8. The van der Waals surface area contributed by atoms with Gasteiger partial charge in [-0.2, -0.15) is 4.98 Å². The Balaban J connectivity index is 1.52. The maximum atomic E-state index is 6.34. The number of para-hydroxylation sites is 2. The molecule has 0 aliphatic heterocycles. The Labute approximate surface area is 172 Å². The van der Waals surface area contributed by atoms with Crippen LogP contribution in [0, 0.1) is 6.92 Å². The maximum absolute atomic E-state index is 6.34. The van der Waals surface area contributed by atoms with Crippen molar-refractivity contribution in [1.82, 2.24) is 19.9 Å². The van der Waals surface area contributed by atoms with Crippen LogP contribution in [0.1, 0.15) is 5.69 Å². The molecule has 0 radical (unpaired) electrons. The Morgan fingerprint density at radius 2 is 1.63 bits per heavy atom. The molecule has 0 saturated heterocycles. The molecule has 0 fully saturated rings. The van der Waals surface area contributed by atoms with Crippen molar-refractivity contribution in [3.63, 3.8) is 0 Å². The number of aryl methyl sites for hydroxylation is 1. The van der Waals surface area contributed by atoms with E-state index in [-0.39, 0.29) is 5.88 Å². The number of aromatic nitrogens is 4. The zero-order valence-electron chi connectivity index (χ0n) is 16.2. The molecule has 0 atom stereocenters. The molecular formula is C23H18N6O. The number of anilines is 3. The van der Waals surface area contributed by atoms with E-state index < -0.39 is 0 Å². The Hall–Kier alpha value is -4.26. The predicted octanol–water partition coefficient (Wildman–Crippen LogP) is 5.00. The predicted molar refractivity (Wildman–Crippen MR) is 118 cm³/mol. The van der Waals surface area contributed by atoms with Gasteiger partial charge in [-0.05, 0) is 31.2 Å². The minimum Gasteiger partial charge on any atom is -0.435 e. The minimum absolute atomic E-state index is 0.261. The van der Waals surface area contributed by atoms with Crippen LogP contribution in [0.4, 0.5) is 17.2 Å². The molecular weight excluding hydrogens is 376 g/mol. The Morgan fingerprint density at radius 3 is 2.53 bits per heavy atom. The summed E-state index contributed by atoms with van der Waals surface area (Å²) in [6.07, 6.45) is 3.16. The SMILES string of the molecule is Cc1ccc2cccc(Oc3ncnc(Nc4cccc5cccnc45)c3N)c2n1. The van der Waals surface area contributed by atoms with Gasteiger partial charge in [-0.15, -0.1) is 0 Å². The van der Waals surface area contributed by atoms with Gasteiger partial charge in [0.15, 0.2) is 11.6 Å². The summed E-state index contributed by atoms with van der Waals surface area (Å²) in [5, 5.41) is 5.25. The third-order valence-corrected chi connectivity index (χ3v) is 4.76. The largest absolute Gasteiger partial charge is 0.435 e. The van der Waals surface area contributed by atoms with E-state index in [2.05, 4.69) is 25.3 Å². The Kier molecular flexibility index (Phi) is 4.33. The van der Waals surface area contributed by atoms with Gasteiger partial charge < -0.3 is 15.8 Å². The van der Waals surface area contributed by atoms with Crippen LogP contribution >= 0.6 is 0 Å². The van der Waals surface area contributed by atoms with Gasteiger partial charge in [0.25, 0.3) is 0 Å². The van der Waals surface area contributed by atoms with Crippen molar-refractivity contribution >= 4 is 39.0 Å². The average Bonchev–Trinajstić information content (AvgIpc) is 2.77. The summed E-state index contributed by atoms with van der Waals surface area (Å²) < 4.78 is 6.05. The number of rotatable bonds is 4. The third kappa shape index (κ3) is 3.22. The second kappa shape index (κ2) is 7.29. The fraction of sp³-hybridized carbons (Fsp3) is 0.0435. The summed E-state index contributed by atoms with van der Waals surface area (Å²) in [5.74, 6) is 1.29. The van der Waals surface area contributed by atoms with Gasteiger partial charge in [-0.3, -0.25) is 4.98 Å². The van der Waals surface area contributed by atoms with Crippen LogP contribution < -0.4 is 15.8 Å². The van der Waals surface area contributed by atoms with Crippen LogP contribution in [0.25, 0.3) is 21.8 Å². The smallest absolute Gasteiger partial charge is 0.248 e. The molecule has 5 rings (SSSR count). The van der Waals surface area contributed by atoms with Crippen molar-refractivity contribution in [3.8, 4) is 11.6 Å². The first-order chi connectivity index (χ1) is 14.7. The summed E-state index contributed by atoms with van der Waals surface area (Å²) in [6.45, 7) is 1.94. The zero-order valence-corrected chi connectivity index (χ0v) is 16.2. The number of hydrogen-bond acceptors (Lipinski definition) is 7. The van der Waals surface area contributed by atoms with E-state index in [9.17, 15) is 0 Å². The molecule has 2 aromatic carbocycles. The molecule has 7 heteroatoms. The van der Waals surface area contributed by atoms with Crippen molar-refractivity contribution in [1.29, 1.82) is 0 Å². The van der Waals surface area contributed by atoms with Gasteiger partial charge in [0, 0.05) is 22.7 Å². The van der Waals surface area contributed by atoms with Crippen LogP contribution in [0.3, 0.4) is 0 Å². The molecule has 3 N–H and O–H groups in total. The van der Waals surface area contributed by atoms with E-state index in [0.29, 0.717) is 17.3 Å². The van der Waals surface area contributed by atoms with Gasteiger partial charge in [-0.25, -0.2) is 9.97 Å². The lowest BCUT2D eigenvalue weighted by molar-refractivity contribution is 0.469. The minimum atomic E-state index is 0.261. The van der Waals surface area contributed by atoms with E-state index in [1.807, 2.05) is 67.6 Å². The molecule has 146 valence electrons. The van der Waals surface area contributed by atoms with Gasteiger partial charge >= 0.3 is 0 Å². The van der Waals surface area contributed by atoms with Crippen LogP contribution in [0.2, 0.25) is 0 Å². The summed E-state index contributed by atoms with van der Waals surface area (Å²) >= 11 is 0. The molecule has 0 aliphatic carbocycles. The molecule has 0 saturated carbocycles. The molecule has 0 aliphatic rings. The number of nitrogens with one attached hydrogen (secondary N) is 1. The van der Waals surface area contributed by atoms with Gasteiger partial charge in [0.1, 0.15) is 17.5 Å². The van der Waals surface area contributed by atoms with E-state index >= 15 is 0 Å². The first-order valence-electron chi connectivity index (χ1n) is 9.44. The van der Waals surface area contributed by atoms with Crippen molar-refractivity contribution in [2.24, 2.45) is 0 Å². The zero-order chi connectivity index (χ0) is 20.5. The number of pyridine rings is 2. The number of nitrogen functional groups attached to an aromatic ring is 1.